The Kier molecular flexibility index (Phi) is 7.54. The van der Waals surface area contributed by atoms with Crippen LogP contribution in [0.2, 0.25) is 0 Å². The number of anilines is 1. The number of benzene rings is 1. The fourth-order valence-electron chi connectivity index (χ4n) is 6.25. The number of aliphatic hydroxyl groups excluding tert-OH is 2. The Morgan fingerprint density at radius 2 is 1.75 bits per heavy atom. The highest BCUT2D eigenvalue weighted by molar-refractivity contribution is 7.90. The first-order valence-corrected chi connectivity index (χ1v) is 14.5. The van der Waals surface area contributed by atoms with E-state index >= 15 is 0 Å². The van der Waals surface area contributed by atoms with Crippen molar-refractivity contribution in [2.45, 2.75) is 44.5 Å². The van der Waals surface area contributed by atoms with Crippen LogP contribution in [0.1, 0.15) is 41.8 Å². The second-order valence-corrected chi connectivity index (χ2v) is 13.7. The van der Waals surface area contributed by atoms with E-state index in [0.29, 0.717) is 11.3 Å². The number of aliphatic hydroxyl groups is 2. The molecule has 4 rings (SSSR count). The number of likely N-dealkylation sites (N-methyl/N-ethyl adjacent to an activating group) is 1. The van der Waals surface area contributed by atoms with Gasteiger partial charge in [-0.25, -0.2) is 13.1 Å². The maximum absolute atomic E-state index is 14.0. The maximum Gasteiger partial charge on any atom is 0.255 e. The second kappa shape index (κ2) is 10.2. The van der Waals surface area contributed by atoms with E-state index in [4.69, 9.17) is 5.73 Å². The van der Waals surface area contributed by atoms with Crippen LogP contribution in [0.25, 0.3) is 0 Å². The minimum absolute atomic E-state index is 0.0373. The zero-order valence-electron chi connectivity index (χ0n) is 23.3. The Morgan fingerprint density at radius 3 is 2.27 bits per heavy atom. The van der Waals surface area contributed by atoms with Gasteiger partial charge in [-0.15, -0.1) is 0 Å². The quantitative estimate of drug-likeness (QED) is 0.292. The zero-order chi connectivity index (χ0) is 30.0. The van der Waals surface area contributed by atoms with Crippen LogP contribution in [-0.2, 0) is 32.6 Å². The number of phenolic OH excluding ortho intramolecular Hbond substituents is 1. The van der Waals surface area contributed by atoms with E-state index in [1.807, 2.05) is 0 Å². The van der Waals surface area contributed by atoms with Gasteiger partial charge in [-0.1, -0.05) is 0 Å². The van der Waals surface area contributed by atoms with Crippen LogP contribution in [0, 0.1) is 17.8 Å². The van der Waals surface area contributed by atoms with E-state index in [9.17, 15) is 38.1 Å². The summed E-state index contributed by atoms with van der Waals surface area (Å²) < 4.78 is 27.2. The number of hydrogen-bond donors (Lipinski definition) is 5. The third kappa shape index (κ3) is 4.55. The Hall–Kier alpha value is -3.42. The van der Waals surface area contributed by atoms with Crippen LogP contribution in [-0.4, -0.2) is 85.6 Å². The summed E-state index contributed by atoms with van der Waals surface area (Å²) in [4.78, 5) is 42.8. The molecular weight excluding hydrogens is 540 g/mol. The van der Waals surface area contributed by atoms with Gasteiger partial charge in [-0.05, 0) is 64.3 Å². The molecule has 40 heavy (non-hydrogen) atoms. The number of nitrogens with two attached hydrogens (primary N) is 1. The normalized spacial score (nSPS) is 24.8. The number of rotatable bonds is 7. The molecule has 4 atom stereocenters. The van der Waals surface area contributed by atoms with Crippen LogP contribution in [0.4, 0.5) is 5.69 Å². The number of amides is 1. The molecule has 0 radical (unpaired) electrons. The van der Waals surface area contributed by atoms with Crippen molar-refractivity contribution in [3.63, 3.8) is 0 Å². The van der Waals surface area contributed by atoms with Crippen LogP contribution >= 0.6 is 0 Å². The van der Waals surface area contributed by atoms with Crippen LogP contribution in [0.15, 0.2) is 28.7 Å². The molecule has 1 amide bonds. The number of ketones is 2. The number of carbonyl (C=O) groups excluding carboxylic acids is 3. The largest absolute Gasteiger partial charge is 0.511 e. The molecule has 3 aliphatic rings. The molecule has 3 unspecified atom stereocenters. The van der Waals surface area contributed by atoms with E-state index in [0.717, 1.165) is 0 Å². The lowest BCUT2D eigenvalue weighted by Crippen LogP contribution is -2.53. The summed E-state index contributed by atoms with van der Waals surface area (Å²) in [6, 6.07) is 0.828. The lowest BCUT2D eigenvalue weighted by Gasteiger charge is -2.46. The third-order valence-electron chi connectivity index (χ3n) is 8.19. The average Bonchev–Trinajstić information content (AvgIpc) is 2.82. The van der Waals surface area contributed by atoms with Gasteiger partial charge in [0.05, 0.1) is 22.8 Å². The Morgan fingerprint density at radius 1 is 1.12 bits per heavy atom. The smallest absolute Gasteiger partial charge is 0.255 e. The van der Waals surface area contributed by atoms with Gasteiger partial charge < -0.3 is 26.0 Å². The molecular formula is C27H36N4O8S. The van der Waals surface area contributed by atoms with Crippen molar-refractivity contribution in [1.82, 2.24) is 9.62 Å². The molecule has 13 heteroatoms. The summed E-state index contributed by atoms with van der Waals surface area (Å²) >= 11 is 0. The minimum atomic E-state index is -3.67. The van der Waals surface area contributed by atoms with E-state index in [2.05, 4.69) is 4.72 Å². The van der Waals surface area contributed by atoms with Crippen molar-refractivity contribution in [3.8, 4) is 5.75 Å². The fourth-order valence-corrected chi connectivity index (χ4v) is 6.94. The fraction of sp³-hybridized carbons (Fsp3) is 0.519. The predicted molar refractivity (Wildman–Crippen MR) is 147 cm³/mol. The standard InChI is InChI=1S/C27H36N4O8S/c1-11(2)40(38,39)29-10-13-9-16(30(3)4)14-7-12-8-15-19(24(34)17(12)23(33)18(14)22(13)32)25(35)20(27(28)37)26(36)21(15)31(5)6/h9,11-12,15,19,21,29,32,34,36H,7-8,10H2,1-6H3,(H2,28,37)/t12?,15?,19?,21-/m0/s1. The summed E-state index contributed by atoms with van der Waals surface area (Å²) in [6.07, 6.45) is 0.480. The molecule has 1 aromatic carbocycles. The number of nitrogens with zero attached hydrogens (tertiary/aromatic N) is 2. The molecule has 0 bridgehead atoms. The molecule has 0 saturated carbocycles. The second-order valence-electron chi connectivity index (χ2n) is 11.4. The summed E-state index contributed by atoms with van der Waals surface area (Å²) in [5.74, 6) is -6.49. The van der Waals surface area contributed by atoms with Gasteiger partial charge >= 0.3 is 0 Å². The summed E-state index contributed by atoms with van der Waals surface area (Å²) in [5.41, 5.74) is 6.01. The molecule has 0 aliphatic heterocycles. The van der Waals surface area contributed by atoms with Gasteiger partial charge in [-0.3, -0.25) is 19.3 Å². The van der Waals surface area contributed by atoms with Crippen molar-refractivity contribution < 1.29 is 38.1 Å². The van der Waals surface area contributed by atoms with Crippen LogP contribution in [0.5, 0.6) is 5.75 Å². The van der Waals surface area contributed by atoms with Gasteiger partial charge in [0.25, 0.3) is 5.91 Å². The molecule has 0 heterocycles. The van der Waals surface area contributed by atoms with Crippen LogP contribution in [0.3, 0.4) is 0 Å². The van der Waals surface area contributed by atoms with Gasteiger partial charge in [0.2, 0.25) is 10.0 Å². The first kappa shape index (κ1) is 29.6. The molecule has 0 spiro atoms. The number of nitrogens with one attached hydrogen (secondary N) is 1. The van der Waals surface area contributed by atoms with E-state index in [-0.39, 0.29) is 36.1 Å². The van der Waals surface area contributed by atoms with Crippen molar-refractivity contribution in [2.24, 2.45) is 23.5 Å². The van der Waals surface area contributed by atoms with Crippen LogP contribution < -0.4 is 15.4 Å². The van der Waals surface area contributed by atoms with E-state index in [1.54, 1.807) is 44.1 Å². The lowest BCUT2D eigenvalue weighted by molar-refractivity contribution is -0.127. The molecule has 0 saturated heterocycles. The Balaban J connectivity index is 1.88. The maximum atomic E-state index is 14.0. The number of sulfonamides is 1. The summed E-state index contributed by atoms with van der Waals surface area (Å²) in [6.45, 7) is 2.77. The molecule has 6 N–H and O–H groups in total. The van der Waals surface area contributed by atoms with E-state index in [1.165, 1.54) is 13.8 Å². The number of primary amides is 1. The zero-order valence-corrected chi connectivity index (χ0v) is 24.2. The monoisotopic (exact) mass is 576 g/mol. The van der Waals surface area contributed by atoms with Crippen molar-refractivity contribution in [2.75, 3.05) is 33.1 Å². The lowest BCUT2D eigenvalue weighted by atomic mass is 9.60. The number of Topliss-reactive ketones (excluding diaryl/α,β-unsaturated/α-hetero) is 2. The Labute approximate surface area is 233 Å². The topological polar surface area (TPSA) is 191 Å². The van der Waals surface area contributed by atoms with Crippen molar-refractivity contribution >= 4 is 33.2 Å². The number of fused-ring (bicyclic) bond motifs is 3. The predicted octanol–water partition coefficient (Wildman–Crippen LogP) is 0.900. The SMILES string of the molecule is CC(C)S(=O)(=O)NCc1cc(N(C)C)c2c(c1O)C(=O)C1=C(O)C3C(=O)C(C(N)=O)=C(O)[C@@H](N(C)C)C3CC1C2. The third-order valence-corrected chi connectivity index (χ3v) is 9.98. The van der Waals surface area contributed by atoms with Crippen molar-refractivity contribution in [3.05, 3.63) is 45.4 Å². The highest BCUT2D eigenvalue weighted by atomic mass is 32.2. The number of aromatic hydroxyl groups is 1. The number of hydrogen-bond acceptors (Lipinski definition) is 10. The average molecular weight is 577 g/mol. The van der Waals surface area contributed by atoms with Crippen molar-refractivity contribution in [1.29, 1.82) is 0 Å². The van der Waals surface area contributed by atoms with Gasteiger partial charge in [-0.2, -0.15) is 0 Å². The van der Waals surface area contributed by atoms with Gasteiger partial charge in [0.1, 0.15) is 22.8 Å². The molecule has 218 valence electrons. The minimum Gasteiger partial charge on any atom is -0.511 e. The number of phenols is 1. The summed E-state index contributed by atoms with van der Waals surface area (Å²) in [7, 11) is 3.18. The first-order valence-electron chi connectivity index (χ1n) is 13.0. The first-order chi connectivity index (χ1) is 18.5. The number of allylic oxidation sites excluding steroid dienone is 2. The molecule has 0 fully saturated rings. The van der Waals surface area contributed by atoms with E-state index < -0.39 is 79.4 Å². The Bertz CT molecular complexity index is 1480. The van der Waals surface area contributed by atoms with Gasteiger partial charge in [0, 0.05) is 37.5 Å². The molecule has 3 aliphatic carbocycles. The van der Waals surface area contributed by atoms with Gasteiger partial charge in [0.15, 0.2) is 11.6 Å². The molecule has 12 nitrogen and oxygen atoms in total. The highest BCUT2D eigenvalue weighted by Gasteiger charge is 2.54. The molecule has 0 aromatic heterocycles. The molecule has 1 aromatic rings. The summed E-state index contributed by atoms with van der Waals surface area (Å²) in [5, 5.41) is 32.8. The number of carbonyl (C=O) groups is 3. The highest BCUT2D eigenvalue weighted by Crippen LogP contribution is 2.51.